The van der Waals surface area contributed by atoms with Crippen molar-refractivity contribution in [1.29, 1.82) is 0 Å². The van der Waals surface area contributed by atoms with Crippen molar-refractivity contribution in [2.75, 3.05) is 30.8 Å². The highest BCUT2D eigenvalue weighted by atomic mass is 32.2. The minimum Gasteiger partial charge on any atom is -0.497 e. The standard InChI is InChI=1S/C20H25FN2O5S/c1-4-19(23(29(3,25)26)16-10-8-15(21)9-11-16)20(24)22-12-13-28-18-7-5-6-17(14-18)27-2/h5-11,14,19H,4,12-13H2,1-3H3,(H,22,24)/t19-/m0/s1. The van der Waals surface area contributed by atoms with Gasteiger partial charge in [0.15, 0.2) is 0 Å². The Morgan fingerprint density at radius 2 is 1.83 bits per heavy atom. The van der Waals surface area contributed by atoms with Crippen LogP contribution in [0.3, 0.4) is 0 Å². The number of nitrogens with one attached hydrogen (secondary N) is 1. The highest BCUT2D eigenvalue weighted by molar-refractivity contribution is 7.92. The van der Waals surface area contributed by atoms with Gasteiger partial charge in [0, 0.05) is 6.07 Å². The van der Waals surface area contributed by atoms with Crippen molar-refractivity contribution in [3.05, 3.63) is 54.3 Å². The van der Waals surface area contributed by atoms with Gasteiger partial charge in [0.2, 0.25) is 15.9 Å². The fraction of sp³-hybridized carbons (Fsp3) is 0.350. The van der Waals surface area contributed by atoms with Crippen molar-refractivity contribution in [2.45, 2.75) is 19.4 Å². The van der Waals surface area contributed by atoms with E-state index in [1.165, 1.54) is 12.1 Å². The first kappa shape index (κ1) is 22.5. The van der Waals surface area contributed by atoms with Crippen molar-refractivity contribution >= 4 is 21.6 Å². The number of nitrogens with zero attached hydrogens (tertiary/aromatic N) is 1. The van der Waals surface area contributed by atoms with Crippen LogP contribution in [-0.4, -0.2) is 46.9 Å². The molecule has 0 saturated heterocycles. The van der Waals surface area contributed by atoms with E-state index in [0.717, 1.165) is 22.7 Å². The van der Waals surface area contributed by atoms with Crippen molar-refractivity contribution in [1.82, 2.24) is 5.32 Å². The van der Waals surface area contributed by atoms with E-state index < -0.39 is 27.8 Å². The number of benzene rings is 2. The third-order valence-corrected chi connectivity index (χ3v) is 5.30. The predicted molar refractivity (Wildman–Crippen MR) is 109 cm³/mol. The lowest BCUT2D eigenvalue weighted by atomic mass is 10.2. The molecule has 7 nitrogen and oxygen atoms in total. The van der Waals surface area contributed by atoms with Gasteiger partial charge in [-0.15, -0.1) is 0 Å². The Balaban J connectivity index is 2.02. The van der Waals surface area contributed by atoms with Gasteiger partial charge in [-0.1, -0.05) is 13.0 Å². The second-order valence-electron chi connectivity index (χ2n) is 6.28. The van der Waals surface area contributed by atoms with E-state index in [1.54, 1.807) is 38.3 Å². The maximum absolute atomic E-state index is 13.2. The van der Waals surface area contributed by atoms with Gasteiger partial charge in [-0.25, -0.2) is 12.8 Å². The Morgan fingerprint density at radius 1 is 1.17 bits per heavy atom. The van der Waals surface area contributed by atoms with Crippen LogP contribution in [0.4, 0.5) is 10.1 Å². The average molecular weight is 424 g/mol. The summed E-state index contributed by atoms with van der Waals surface area (Å²) in [4.78, 5) is 12.6. The molecule has 0 aromatic heterocycles. The van der Waals surface area contributed by atoms with Crippen molar-refractivity contribution < 1.29 is 27.1 Å². The second kappa shape index (κ2) is 10.1. The number of carbonyl (C=O) groups excluding carboxylic acids is 1. The Hall–Kier alpha value is -2.81. The maximum Gasteiger partial charge on any atom is 0.244 e. The molecule has 0 aliphatic carbocycles. The first-order chi connectivity index (χ1) is 13.8. The molecule has 0 spiro atoms. The number of amides is 1. The van der Waals surface area contributed by atoms with Crippen LogP contribution in [0.15, 0.2) is 48.5 Å². The summed E-state index contributed by atoms with van der Waals surface area (Å²) in [5.41, 5.74) is 0.225. The zero-order valence-electron chi connectivity index (χ0n) is 16.6. The van der Waals surface area contributed by atoms with E-state index in [0.29, 0.717) is 11.5 Å². The first-order valence-electron chi connectivity index (χ1n) is 9.05. The number of halogens is 1. The molecule has 0 aliphatic rings. The number of anilines is 1. The third-order valence-electron chi connectivity index (χ3n) is 4.12. The third kappa shape index (κ3) is 6.35. The summed E-state index contributed by atoms with van der Waals surface area (Å²) in [5.74, 6) is 0.293. The van der Waals surface area contributed by atoms with E-state index in [-0.39, 0.29) is 25.3 Å². The van der Waals surface area contributed by atoms with E-state index in [4.69, 9.17) is 9.47 Å². The Morgan fingerprint density at radius 3 is 2.41 bits per heavy atom. The molecule has 2 aromatic carbocycles. The molecule has 2 aromatic rings. The van der Waals surface area contributed by atoms with Crippen LogP contribution in [0, 0.1) is 5.82 Å². The van der Waals surface area contributed by atoms with Gasteiger partial charge < -0.3 is 14.8 Å². The van der Waals surface area contributed by atoms with E-state index >= 15 is 0 Å². The second-order valence-corrected chi connectivity index (χ2v) is 8.14. The molecule has 29 heavy (non-hydrogen) atoms. The summed E-state index contributed by atoms with van der Waals surface area (Å²) in [6.07, 6.45) is 1.26. The molecule has 9 heteroatoms. The molecule has 0 saturated carbocycles. The number of sulfonamides is 1. The number of carbonyl (C=O) groups is 1. The van der Waals surface area contributed by atoms with Crippen LogP contribution in [0.2, 0.25) is 0 Å². The minimum atomic E-state index is -3.76. The van der Waals surface area contributed by atoms with Crippen molar-refractivity contribution in [3.8, 4) is 11.5 Å². The Labute approximate surface area is 170 Å². The van der Waals surface area contributed by atoms with Crippen LogP contribution in [0.25, 0.3) is 0 Å². The lowest BCUT2D eigenvalue weighted by Crippen LogP contribution is -2.50. The Bertz CT molecular complexity index is 919. The molecule has 0 bridgehead atoms. The topological polar surface area (TPSA) is 84.9 Å². The van der Waals surface area contributed by atoms with Crippen LogP contribution in [0.1, 0.15) is 13.3 Å². The predicted octanol–water partition coefficient (Wildman–Crippen LogP) is 2.57. The molecule has 2 rings (SSSR count). The summed E-state index contributed by atoms with van der Waals surface area (Å²) in [7, 11) is -2.21. The fourth-order valence-electron chi connectivity index (χ4n) is 2.80. The average Bonchev–Trinajstić information content (AvgIpc) is 2.69. The number of hydrogen-bond donors (Lipinski definition) is 1. The van der Waals surface area contributed by atoms with E-state index in [1.807, 2.05) is 0 Å². The normalized spacial score (nSPS) is 12.1. The molecule has 0 radical (unpaired) electrons. The molecule has 1 amide bonds. The fourth-order valence-corrected chi connectivity index (χ4v) is 4.01. The summed E-state index contributed by atoms with van der Waals surface area (Å²) in [6, 6.07) is 11.1. The maximum atomic E-state index is 13.2. The monoisotopic (exact) mass is 424 g/mol. The molecular formula is C20H25FN2O5S. The lowest BCUT2D eigenvalue weighted by Gasteiger charge is -2.30. The highest BCUT2D eigenvalue weighted by Crippen LogP contribution is 2.23. The summed E-state index contributed by atoms with van der Waals surface area (Å²) in [6.45, 7) is 2.09. The summed E-state index contributed by atoms with van der Waals surface area (Å²) in [5, 5.41) is 2.69. The molecule has 0 aliphatic heterocycles. The number of hydrogen-bond acceptors (Lipinski definition) is 5. The van der Waals surface area contributed by atoms with Gasteiger partial charge in [-0.2, -0.15) is 0 Å². The minimum absolute atomic E-state index is 0.188. The van der Waals surface area contributed by atoms with Crippen LogP contribution in [0.5, 0.6) is 11.5 Å². The van der Waals surface area contributed by atoms with Crippen LogP contribution >= 0.6 is 0 Å². The van der Waals surface area contributed by atoms with E-state index in [2.05, 4.69) is 5.32 Å². The first-order valence-corrected chi connectivity index (χ1v) is 10.9. The van der Waals surface area contributed by atoms with Gasteiger partial charge in [-0.3, -0.25) is 9.10 Å². The summed E-state index contributed by atoms with van der Waals surface area (Å²) < 4.78 is 49.5. The molecule has 0 heterocycles. The molecule has 1 N–H and O–H groups in total. The molecule has 1 atom stereocenters. The number of rotatable bonds is 10. The molecular weight excluding hydrogens is 399 g/mol. The summed E-state index contributed by atoms with van der Waals surface area (Å²) >= 11 is 0. The van der Waals surface area contributed by atoms with Gasteiger partial charge in [0.1, 0.15) is 30.0 Å². The van der Waals surface area contributed by atoms with Crippen molar-refractivity contribution in [2.24, 2.45) is 0 Å². The molecule has 158 valence electrons. The Kier molecular flexibility index (Phi) is 7.83. The number of ether oxygens (including phenoxy) is 2. The van der Waals surface area contributed by atoms with Gasteiger partial charge >= 0.3 is 0 Å². The van der Waals surface area contributed by atoms with Crippen molar-refractivity contribution in [3.63, 3.8) is 0 Å². The smallest absolute Gasteiger partial charge is 0.244 e. The van der Waals surface area contributed by atoms with Crippen LogP contribution < -0.4 is 19.1 Å². The zero-order valence-corrected chi connectivity index (χ0v) is 17.4. The van der Waals surface area contributed by atoms with Gasteiger partial charge in [0.25, 0.3) is 0 Å². The quantitative estimate of drug-likeness (QED) is 0.593. The zero-order chi connectivity index (χ0) is 21.4. The number of methoxy groups -OCH3 is 1. The van der Waals surface area contributed by atoms with Gasteiger partial charge in [-0.05, 0) is 42.8 Å². The van der Waals surface area contributed by atoms with Crippen LogP contribution in [-0.2, 0) is 14.8 Å². The lowest BCUT2D eigenvalue weighted by molar-refractivity contribution is -0.122. The highest BCUT2D eigenvalue weighted by Gasteiger charge is 2.31. The van der Waals surface area contributed by atoms with Gasteiger partial charge in [0.05, 0.1) is 25.6 Å². The molecule has 0 unspecified atom stereocenters. The largest absolute Gasteiger partial charge is 0.497 e. The molecule has 0 fully saturated rings. The van der Waals surface area contributed by atoms with E-state index in [9.17, 15) is 17.6 Å². The SMILES string of the molecule is CC[C@@H](C(=O)NCCOc1cccc(OC)c1)N(c1ccc(F)cc1)S(C)(=O)=O.